The summed E-state index contributed by atoms with van der Waals surface area (Å²) in [4.78, 5) is 0.381. The molecule has 276 valence electrons. The molecule has 1 aromatic rings. The number of rotatable bonds is 18. The van der Waals surface area contributed by atoms with Crippen LogP contribution in [0.1, 0.15) is 94.4 Å². The summed E-state index contributed by atoms with van der Waals surface area (Å²) in [6, 6.07) is 12.4. The maximum absolute atomic E-state index is 13.7. The Morgan fingerprint density at radius 3 is 2.19 bits per heavy atom. The van der Waals surface area contributed by atoms with E-state index in [4.69, 9.17) is 18.3 Å². The minimum absolute atomic E-state index is 0.0358. The molecule has 0 aliphatic carbocycles. The molecule has 6 nitrogen and oxygen atoms in total. The van der Waals surface area contributed by atoms with Crippen LogP contribution in [0.3, 0.4) is 0 Å². The van der Waals surface area contributed by atoms with Gasteiger partial charge in [0.1, 0.15) is 0 Å². The standard InChI is InChI=1S/C39H70O6SSi2/c1-13-48(14-2,15-3)42-23-19-20-33-25-30(5)31(6)37(44-33)26-38-35(28-46(40,41)34-21-17-16-18-22-34)32(7)36(45-38)24-29(4)27-43-47(11,12)39(8,9)10/h16-18,21-22,29-30,32-33,35-38H,6,13-15,19-20,23-28H2,1-5,7-12H3/t29-,30+,32+,33-,35?,36+,37+,38?/m0/s1. The fourth-order valence-corrected chi connectivity index (χ4v) is 12.9. The first-order chi connectivity index (χ1) is 22.4. The van der Waals surface area contributed by atoms with Crippen LogP contribution in [0, 0.1) is 23.7 Å². The molecule has 48 heavy (non-hydrogen) atoms. The molecular weight excluding hydrogens is 653 g/mol. The lowest BCUT2D eigenvalue weighted by molar-refractivity contribution is -0.0711. The largest absolute Gasteiger partial charge is 0.417 e. The lowest BCUT2D eigenvalue weighted by Gasteiger charge is -2.38. The average molecular weight is 723 g/mol. The molecule has 0 N–H and O–H groups in total. The molecule has 2 unspecified atom stereocenters. The van der Waals surface area contributed by atoms with Crippen molar-refractivity contribution in [2.75, 3.05) is 19.0 Å². The highest BCUT2D eigenvalue weighted by Gasteiger charge is 2.46. The van der Waals surface area contributed by atoms with Gasteiger partial charge in [-0.2, -0.15) is 0 Å². The third kappa shape index (κ3) is 10.8. The van der Waals surface area contributed by atoms with Gasteiger partial charge < -0.3 is 18.3 Å². The van der Waals surface area contributed by atoms with Crippen LogP contribution in [0.15, 0.2) is 47.4 Å². The molecule has 2 aliphatic heterocycles. The van der Waals surface area contributed by atoms with Crippen LogP contribution < -0.4 is 0 Å². The van der Waals surface area contributed by atoms with Gasteiger partial charge in [-0.1, -0.05) is 87.1 Å². The van der Waals surface area contributed by atoms with E-state index in [0.29, 0.717) is 29.8 Å². The second kappa shape index (κ2) is 17.6. The first-order valence-electron chi connectivity index (χ1n) is 18.9. The fourth-order valence-electron chi connectivity index (χ4n) is 7.33. The maximum Gasteiger partial charge on any atom is 0.191 e. The molecule has 0 spiro atoms. The van der Waals surface area contributed by atoms with Crippen LogP contribution in [0.4, 0.5) is 0 Å². The van der Waals surface area contributed by atoms with E-state index < -0.39 is 26.5 Å². The van der Waals surface area contributed by atoms with Crippen molar-refractivity contribution in [3.63, 3.8) is 0 Å². The number of hydrogen-bond donors (Lipinski definition) is 0. The van der Waals surface area contributed by atoms with Gasteiger partial charge in [-0.3, -0.25) is 0 Å². The molecule has 0 saturated carbocycles. The van der Waals surface area contributed by atoms with Crippen LogP contribution in [0.5, 0.6) is 0 Å². The van der Waals surface area contributed by atoms with E-state index in [1.807, 2.05) is 6.07 Å². The topological polar surface area (TPSA) is 71.1 Å². The van der Waals surface area contributed by atoms with Gasteiger partial charge >= 0.3 is 0 Å². The second-order valence-electron chi connectivity index (χ2n) is 16.7. The quantitative estimate of drug-likeness (QED) is 0.0854. The molecule has 2 heterocycles. The smallest absolute Gasteiger partial charge is 0.191 e. The summed E-state index contributed by atoms with van der Waals surface area (Å²) < 4.78 is 54.2. The Balaban J connectivity index is 1.74. The number of hydrogen-bond acceptors (Lipinski definition) is 6. The van der Waals surface area contributed by atoms with Gasteiger partial charge in [0, 0.05) is 25.6 Å². The van der Waals surface area contributed by atoms with Crippen molar-refractivity contribution in [2.45, 2.75) is 160 Å². The maximum atomic E-state index is 13.7. The Kier molecular flexibility index (Phi) is 15.3. The van der Waals surface area contributed by atoms with Gasteiger partial charge in [0.2, 0.25) is 0 Å². The zero-order chi connectivity index (χ0) is 35.9. The summed E-state index contributed by atoms with van der Waals surface area (Å²) in [5.74, 6) is 0.676. The summed E-state index contributed by atoms with van der Waals surface area (Å²) in [6.07, 6.45) is 4.16. The minimum Gasteiger partial charge on any atom is -0.417 e. The zero-order valence-corrected chi connectivity index (χ0v) is 35.2. The van der Waals surface area contributed by atoms with Crippen molar-refractivity contribution in [2.24, 2.45) is 23.7 Å². The van der Waals surface area contributed by atoms with Crippen molar-refractivity contribution in [1.29, 1.82) is 0 Å². The molecule has 9 heteroatoms. The Labute approximate surface area is 297 Å². The predicted octanol–water partition coefficient (Wildman–Crippen LogP) is 10.1. The molecule has 2 fully saturated rings. The molecule has 1 aromatic carbocycles. The third-order valence-electron chi connectivity index (χ3n) is 12.3. The third-order valence-corrected chi connectivity index (χ3v) is 23.2. The summed E-state index contributed by atoms with van der Waals surface area (Å²) >= 11 is 0. The second-order valence-corrected chi connectivity index (χ2v) is 28.3. The van der Waals surface area contributed by atoms with Gasteiger partial charge in [0.25, 0.3) is 0 Å². The van der Waals surface area contributed by atoms with E-state index in [2.05, 4.69) is 82.0 Å². The molecule has 3 rings (SSSR count). The summed E-state index contributed by atoms with van der Waals surface area (Å²) in [5, 5.41) is 0.156. The van der Waals surface area contributed by atoms with E-state index in [9.17, 15) is 8.42 Å². The Bertz CT molecular complexity index is 1230. The normalized spacial score (nSPS) is 28.1. The predicted molar refractivity (Wildman–Crippen MR) is 205 cm³/mol. The van der Waals surface area contributed by atoms with Gasteiger partial charge in [0.05, 0.1) is 35.1 Å². The number of benzene rings is 1. The molecule has 0 radical (unpaired) electrons. The van der Waals surface area contributed by atoms with E-state index in [1.54, 1.807) is 24.3 Å². The highest BCUT2D eigenvalue weighted by atomic mass is 32.2. The lowest BCUT2D eigenvalue weighted by Crippen LogP contribution is -2.42. The summed E-state index contributed by atoms with van der Waals surface area (Å²) in [6.45, 7) is 30.9. The van der Waals surface area contributed by atoms with Crippen molar-refractivity contribution >= 4 is 26.5 Å². The Morgan fingerprint density at radius 2 is 1.60 bits per heavy atom. The van der Waals surface area contributed by atoms with Crippen molar-refractivity contribution < 1.29 is 26.7 Å². The highest BCUT2D eigenvalue weighted by molar-refractivity contribution is 7.91. The molecule has 0 aromatic heterocycles. The van der Waals surface area contributed by atoms with Crippen LogP contribution in [-0.2, 0) is 28.2 Å². The average Bonchev–Trinajstić information content (AvgIpc) is 3.31. The van der Waals surface area contributed by atoms with E-state index in [1.165, 1.54) is 18.1 Å². The Morgan fingerprint density at radius 1 is 0.979 bits per heavy atom. The molecule has 0 amide bonds. The lowest BCUT2D eigenvalue weighted by atomic mass is 9.82. The van der Waals surface area contributed by atoms with Crippen LogP contribution in [-0.4, -0.2) is 68.4 Å². The zero-order valence-electron chi connectivity index (χ0n) is 32.3. The number of sulfone groups is 1. The van der Waals surface area contributed by atoms with Gasteiger partial charge in [-0.05, 0) is 97.4 Å². The molecule has 2 aliphatic rings. The van der Waals surface area contributed by atoms with Crippen LogP contribution in [0.25, 0.3) is 0 Å². The first-order valence-corrected chi connectivity index (χ1v) is 26.0. The number of ether oxygens (including phenoxy) is 2. The fraction of sp³-hybridized carbons (Fsp3) is 0.795. The summed E-state index contributed by atoms with van der Waals surface area (Å²) in [7, 11) is -6.95. The van der Waals surface area contributed by atoms with Gasteiger partial charge in [-0.25, -0.2) is 8.42 Å². The molecule has 2 saturated heterocycles. The van der Waals surface area contributed by atoms with Crippen molar-refractivity contribution in [3.05, 3.63) is 42.5 Å². The monoisotopic (exact) mass is 722 g/mol. The molecular formula is C39H70O6SSi2. The van der Waals surface area contributed by atoms with E-state index in [0.717, 1.165) is 37.9 Å². The van der Waals surface area contributed by atoms with Crippen molar-refractivity contribution in [1.82, 2.24) is 0 Å². The first kappa shape index (κ1) is 41.6. The van der Waals surface area contributed by atoms with Crippen LogP contribution in [0.2, 0.25) is 36.3 Å². The highest BCUT2D eigenvalue weighted by Crippen LogP contribution is 2.43. The van der Waals surface area contributed by atoms with Crippen molar-refractivity contribution in [3.8, 4) is 0 Å². The SMILES string of the molecule is C=C1[C@H](C)C[C@H](CCCO[Si](CC)(CC)CC)O[C@@H]1CC1O[C@H](C[C@H](C)CO[Si](C)(C)C(C)(C)C)[C@H](C)C1CS(=O)(=O)c1ccccc1. The van der Waals surface area contributed by atoms with Gasteiger partial charge in [0.15, 0.2) is 26.5 Å². The molecule has 0 bridgehead atoms. The van der Waals surface area contributed by atoms with E-state index in [-0.39, 0.29) is 47.0 Å². The molecule has 8 atom stereocenters. The minimum atomic E-state index is -3.49. The van der Waals surface area contributed by atoms with Gasteiger partial charge in [-0.15, -0.1) is 0 Å². The Hall–Kier alpha value is -0.816. The van der Waals surface area contributed by atoms with E-state index >= 15 is 0 Å². The van der Waals surface area contributed by atoms with Crippen LogP contribution >= 0.6 is 0 Å². The summed E-state index contributed by atoms with van der Waals surface area (Å²) in [5.41, 5.74) is 1.11.